The summed E-state index contributed by atoms with van der Waals surface area (Å²) in [5.41, 5.74) is 0. The lowest BCUT2D eigenvalue weighted by Gasteiger charge is -2.34. The molecule has 1 amide bonds. The average Bonchev–Trinajstić information content (AvgIpc) is 2.86. The third-order valence-corrected chi connectivity index (χ3v) is 2.92. The Morgan fingerprint density at radius 2 is 1.79 bits per heavy atom. The molecule has 0 radical (unpaired) electrons. The van der Waals surface area contributed by atoms with Gasteiger partial charge in [0.2, 0.25) is 0 Å². The fourth-order valence-corrected chi connectivity index (χ4v) is 2.22. The van der Waals surface area contributed by atoms with Crippen LogP contribution in [-0.4, -0.2) is 30.2 Å². The van der Waals surface area contributed by atoms with Gasteiger partial charge in [-0.3, -0.25) is 0 Å². The van der Waals surface area contributed by atoms with E-state index in [1.54, 1.807) is 0 Å². The van der Waals surface area contributed by atoms with Crippen molar-refractivity contribution in [2.45, 2.75) is 39.2 Å². The minimum absolute atomic E-state index is 0.0918. The SMILES string of the molecule is CC1CC(C)CN(C(=O)OC2CC2)C1. The second-order valence-corrected chi connectivity index (χ2v) is 4.93. The van der Waals surface area contributed by atoms with Crippen LogP contribution in [0.25, 0.3) is 0 Å². The topological polar surface area (TPSA) is 29.5 Å². The first-order valence-corrected chi connectivity index (χ1v) is 5.60. The Labute approximate surface area is 85.4 Å². The first-order chi connectivity index (χ1) is 6.65. The zero-order valence-electron chi connectivity index (χ0n) is 9.03. The van der Waals surface area contributed by atoms with Crippen molar-refractivity contribution in [1.82, 2.24) is 4.90 Å². The highest BCUT2D eigenvalue weighted by Gasteiger charge is 2.31. The third-order valence-electron chi connectivity index (χ3n) is 2.92. The lowest BCUT2D eigenvalue weighted by atomic mass is 9.92. The van der Waals surface area contributed by atoms with Crippen molar-refractivity contribution < 1.29 is 9.53 Å². The van der Waals surface area contributed by atoms with Gasteiger partial charge in [0.15, 0.2) is 0 Å². The van der Waals surface area contributed by atoms with Crippen molar-refractivity contribution in [3.05, 3.63) is 0 Å². The third kappa shape index (κ3) is 2.40. The molecule has 2 fully saturated rings. The summed E-state index contributed by atoms with van der Waals surface area (Å²) in [4.78, 5) is 13.5. The highest BCUT2D eigenvalue weighted by molar-refractivity contribution is 5.68. The molecule has 0 spiro atoms. The molecule has 1 saturated carbocycles. The Bertz CT molecular complexity index is 215. The van der Waals surface area contributed by atoms with Crippen LogP contribution in [-0.2, 0) is 4.74 Å². The van der Waals surface area contributed by atoms with Gasteiger partial charge in [0, 0.05) is 13.1 Å². The van der Waals surface area contributed by atoms with Gasteiger partial charge in [0.05, 0.1) is 0 Å². The summed E-state index contributed by atoms with van der Waals surface area (Å²) in [5.74, 6) is 1.23. The maximum atomic E-state index is 11.6. The van der Waals surface area contributed by atoms with E-state index in [-0.39, 0.29) is 12.2 Å². The maximum absolute atomic E-state index is 11.6. The van der Waals surface area contributed by atoms with E-state index in [4.69, 9.17) is 4.74 Å². The lowest BCUT2D eigenvalue weighted by molar-refractivity contribution is 0.0695. The Kier molecular flexibility index (Phi) is 2.66. The zero-order valence-corrected chi connectivity index (χ0v) is 9.03. The average molecular weight is 197 g/mol. The van der Waals surface area contributed by atoms with Gasteiger partial charge in [-0.1, -0.05) is 13.8 Å². The van der Waals surface area contributed by atoms with Gasteiger partial charge < -0.3 is 9.64 Å². The standard InChI is InChI=1S/C11H19NO2/c1-8-5-9(2)7-12(6-8)11(13)14-10-3-4-10/h8-10H,3-7H2,1-2H3. The number of piperidine rings is 1. The first kappa shape index (κ1) is 9.81. The second-order valence-electron chi connectivity index (χ2n) is 4.93. The van der Waals surface area contributed by atoms with Gasteiger partial charge in [0.25, 0.3) is 0 Å². The van der Waals surface area contributed by atoms with Crippen LogP contribution in [0.4, 0.5) is 4.79 Å². The van der Waals surface area contributed by atoms with Gasteiger partial charge in [-0.25, -0.2) is 4.79 Å². The van der Waals surface area contributed by atoms with Gasteiger partial charge in [-0.15, -0.1) is 0 Å². The highest BCUT2D eigenvalue weighted by atomic mass is 16.6. The number of hydrogen-bond acceptors (Lipinski definition) is 2. The molecule has 0 aromatic rings. The van der Waals surface area contributed by atoms with Crippen LogP contribution in [0.15, 0.2) is 0 Å². The zero-order chi connectivity index (χ0) is 10.1. The number of ether oxygens (including phenoxy) is 1. The molecule has 1 aliphatic heterocycles. The number of carbonyl (C=O) groups excluding carboxylic acids is 1. The molecule has 2 atom stereocenters. The van der Waals surface area contributed by atoms with Gasteiger partial charge in [-0.2, -0.15) is 0 Å². The molecule has 0 N–H and O–H groups in total. The van der Waals surface area contributed by atoms with Gasteiger partial charge in [-0.05, 0) is 31.1 Å². The number of carbonyl (C=O) groups is 1. The van der Waals surface area contributed by atoms with E-state index in [9.17, 15) is 4.79 Å². The van der Waals surface area contributed by atoms with Crippen molar-refractivity contribution in [2.24, 2.45) is 11.8 Å². The molecule has 1 saturated heterocycles. The van der Waals surface area contributed by atoms with Crippen molar-refractivity contribution in [3.8, 4) is 0 Å². The summed E-state index contributed by atoms with van der Waals surface area (Å²) in [6.07, 6.45) is 3.49. The molecule has 2 unspecified atom stereocenters. The molecule has 2 aliphatic rings. The molecular weight excluding hydrogens is 178 g/mol. The molecular formula is C11H19NO2. The molecule has 3 nitrogen and oxygen atoms in total. The van der Waals surface area contributed by atoms with Crippen LogP contribution in [0.2, 0.25) is 0 Å². The van der Waals surface area contributed by atoms with Crippen LogP contribution < -0.4 is 0 Å². The van der Waals surface area contributed by atoms with E-state index in [0.717, 1.165) is 25.9 Å². The van der Waals surface area contributed by atoms with E-state index in [2.05, 4.69) is 13.8 Å². The second kappa shape index (κ2) is 3.79. The first-order valence-electron chi connectivity index (χ1n) is 5.60. The maximum Gasteiger partial charge on any atom is 0.410 e. The van der Waals surface area contributed by atoms with Crippen LogP contribution >= 0.6 is 0 Å². The number of amides is 1. The van der Waals surface area contributed by atoms with Crippen LogP contribution in [0.1, 0.15) is 33.1 Å². The van der Waals surface area contributed by atoms with Gasteiger partial charge in [0.1, 0.15) is 6.10 Å². The van der Waals surface area contributed by atoms with E-state index in [1.807, 2.05) is 4.90 Å². The van der Waals surface area contributed by atoms with E-state index >= 15 is 0 Å². The van der Waals surface area contributed by atoms with E-state index < -0.39 is 0 Å². The molecule has 0 aromatic heterocycles. The number of hydrogen-bond donors (Lipinski definition) is 0. The van der Waals surface area contributed by atoms with Crippen molar-refractivity contribution in [2.75, 3.05) is 13.1 Å². The van der Waals surface area contributed by atoms with Crippen molar-refractivity contribution in [3.63, 3.8) is 0 Å². The van der Waals surface area contributed by atoms with Crippen molar-refractivity contribution >= 4 is 6.09 Å². The predicted molar refractivity (Wildman–Crippen MR) is 54.0 cm³/mol. The monoisotopic (exact) mass is 197 g/mol. The normalized spacial score (nSPS) is 32.9. The quantitative estimate of drug-likeness (QED) is 0.645. The summed E-state index contributed by atoms with van der Waals surface area (Å²) in [6, 6.07) is 0. The Balaban J connectivity index is 1.85. The Morgan fingerprint density at radius 3 is 2.29 bits per heavy atom. The lowest BCUT2D eigenvalue weighted by Crippen LogP contribution is -2.43. The molecule has 0 bridgehead atoms. The molecule has 14 heavy (non-hydrogen) atoms. The van der Waals surface area contributed by atoms with Crippen LogP contribution in [0.3, 0.4) is 0 Å². The summed E-state index contributed by atoms with van der Waals surface area (Å²) in [5, 5.41) is 0. The summed E-state index contributed by atoms with van der Waals surface area (Å²) in [6.45, 7) is 6.14. The Morgan fingerprint density at radius 1 is 1.21 bits per heavy atom. The number of likely N-dealkylation sites (tertiary alicyclic amines) is 1. The predicted octanol–water partition coefficient (Wildman–Crippen LogP) is 2.26. The Hall–Kier alpha value is -0.730. The molecule has 1 heterocycles. The largest absolute Gasteiger partial charge is 0.446 e. The fourth-order valence-electron chi connectivity index (χ4n) is 2.22. The molecule has 0 aromatic carbocycles. The van der Waals surface area contributed by atoms with Crippen LogP contribution in [0.5, 0.6) is 0 Å². The molecule has 2 rings (SSSR count). The highest BCUT2D eigenvalue weighted by Crippen LogP contribution is 2.26. The minimum Gasteiger partial charge on any atom is -0.446 e. The summed E-state index contributed by atoms with van der Waals surface area (Å²) in [7, 11) is 0. The van der Waals surface area contributed by atoms with Crippen molar-refractivity contribution in [1.29, 1.82) is 0 Å². The van der Waals surface area contributed by atoms with Crippen LogP contribution in [0, 0.1) is 11.8 Å². The smallest absolute Gasteiger partial charge is 0.410 e. The number of rotatable bonds is 1. The molecule has 1 aliphatic carbocycles. The molecule has 3 heteroatoms. The minimum atomic E-state index is -0.0918. The van der Waals surface area contributed by atoms with E-state index in [0.29, 0.717) is 11.8 Å². The fraction of sp³-hybridized carbons (Fsp3) is 0.909. The van der Waals surface area contributed by atoms with Gasteiger partial charge >= 0.3 is 6.09 Å². The summed E-state index contributed by atoms with van der Waals surface area (Å²) < 4.78 is 5.28. The van der Waals surface area contributed by atoms with E-state index in [1.165, 1.54) is 6.42 Å². The summed E-state index contributed by atoms with van der Waals surface area (Å²) >= 11 is 0. The molecule has 80 valence electrons. The number of nitrogens with zero attached hydrogens (tertiary/aromatic N) is 1.